The van der Waals surface area contributed by atoms with Crippen LogP contribution < -0.4 is 14.7 Å². The van der Waals surface area contributed by atoms with Gasteiger partial charge >= 0.3 is 0 Å². The van der Waals surface area contributed by atoms with Crippen molar-refractivity contribution >= 4 is 28.2 Å². The van der Waals surface area contributed by atoms with E-state index in [4.69, 9.17) is 4.98 Å². The Bertz CT molecular complexity index is 854. The molecule has 0 amide bonds. The van der Waals surface area contributed by atoms with Crippen molar-refractivity contribution < 1.29 is 0 Å². The zero-order chi connectivity index (χ0) is 18.1. The van der Waals surface area contributed by atoms with E-state index in [1.807, 2.05) is 12.3 Å². The highest BCUT2D eigenvalue weighted by Gasteiger charge is 2.27. The molecule has 3 heterocycles. The van der Waals surface area contributed by atoms with E-state index in [2.05, 4.69) is 77.0 Å². The van der Waals surface area contributed by atoms with Crippen molar-refractivity contribution in [2.75, 3.05) is 47.9 Å². The molecule has 1 aliphatic heterocycles. The zero-order valence-electron chi connectivity index (χ0n) is 15.8. The second kappa shape index (κ2) is 6.90. The number of aromatic nitrogens is 2. The van der Waals surface area contributed by atoms with Gasteiger partial charge in [0.2, 0.25) is 0 Å². The molecule has 0 spiro atoms. The molecule has 136 valence electrons. The van der Waals surface area contributed by atoms with E-state index < -0.39 is 0 Å². The van der Waals surface area contributed by atoms with E-state index in [1.165, 1.54) is 22.4 Å². The van der Waals surface area contributed by atoms with Gasteiger partial charge in [0.15, 0.2) is 5.82 Å². The van der Waals surface area contributed by atoms with Crippen LogP contribution in [-0.2, 0) is 0 Å². The van der Waals surface area contributed by atoms with Gasteiger partial charge in [-0.15, -0.1) is 0 Å². The minimum atomic E-state index is 0.415. The maximum absolute atomic E-state index is 4.70. The van der Waals surface area contributed by atoms with Crippen LogP contribution in [0.1, 0.15) is 13.8 Å². The fourth-order valence-electron chi connectivity index (χ4n) is 3.82. The molecule has 0 aliphatic carbocycles. The van der Waals surface area contributed by atoms with Crippen molar-refractivity contribution in [2.45, 2.75) is 19.9 Å². The third-order valence-corrected chi connectivity index (χ3v) is 5.40. The van der Waals surface area contributed by atoms with Crippen LogP contribution in [0, 0.1) is 0 Å². The minimum Gasteiger partial charge on any atom is -0.372 e. The molecule has 26 heavy (non-hydrogen) atoms. The first-order chi connectivity index (χ1) is 12.7. The summed E-state index contributed by atoms with van der Waals surface area (Å²) >= 11 is 0. The molecule has 2 aromatic heterocycles. The molecule has 3 aromatic rings. The van der Waals surface area contributed by atoms with Crippen molar-refractivity contribution in [3.05, 3.63) is 48.7 Å². The standard InChI is InChI=1S/C21H27N5/c1-4-24(3)19-10-7-11-22-21(19)25-12-13-26(16(2)15-25)20-14-17-8-5-6-9-18(17)23-20/h5-11,14,16,23H,4,12-13,15H2,1-3H3. The lowest BCUT2D eigenvalue weighted by Crippen LogP contribution is -2.52. The van der Waals surface area contributed by atoms with Gasteiger partial charge in [-0.3, -0.25) is 0 Å². The van der Waals surface area contributed by atoms with Gasteiger partial charge in [-0.2, -0.15) is 0 Å². The van der Waals surface area contributed by atoms with Crippen molar-refractivity contribution in [1.29, 1.82) is 0 Å². The second-order valence-corrected chi connectivity index (χ2v) is 7.09. The van der Waals surface area contributed by atoms with Crippen molar-refractivity contribution in [3.8, 4) is 0 Å². The summed E-state index contributed by atoms with van der Waals surface area (Å²) in [7, 11) is 2.13. The lowest BCUT2D eigenvalue weighted by Gasteiger charge is -2.42. The van der Waals surface area contributed by atoms with E-state index in [0.717, 1.165) is 32.0 Å². The molecule has 1 unspecified atom stereocenters. The smallest absolute Gasteiger partial charge is 0.152 e. The summed E-state index contributed by atoms with van der Waals surface area (Å²) in [6.45, 7) is 8.37. The summed E-state index contributed by atoms with van der Waals surface area (Å²) in [6, 6.07) is 15.3. The Morgan fingerprint density at radius 2 is 2.04 bits per heavy atom. The Labute approximate surface area is 155 Å². The summed E-state index contributed by atoms with van der Waals surface area (Å²) in [5, 5.41) is 1.27. The number of para-hydroxylation sites is 1. The molecule has 5 nitrogen and oxygen atoms in total. The van der Waals surface area contributed by atoms with Crippen molar-refractivity contribution in [1.82, 2.24) is 9.97 Å². The third-order valence-electron chi connectivity index (χ3n) is 5.40. The highest BCUT2D eigenvalue weighted by molar-refractivity contribution is 5.84. The van der Waals surface area contributed by atoms with Crippen LogP contribution in [0.4, 0.5) is 17.3 Å². The number of hydrogen-bond acceptors (Lipinski definition) is 4. The quantitative estimate of drug-likeness (QED) is 0.779. The lowest BCUT2D eigenvalue weighted by molar-refractivity contribution is 0.544. The normalized spacial score (nSPS) is 17.7. The summed E-state index contributed by atoms with van der Waals surface area (Å²) < 4.78 is 0. The van der Waals surface area contributed by atoms with E-state index in [0.29, 0.717) is 6.04 Å². The monoisotopic (exact) mass is 349 g/mol. The number of anilines is 3. The summed E-state index contributed by atoms with van der Waals surface area (Å²) in [4.78, 5) is 15.4. The highest BCUT2D eigenvalue weighted by Crippen LogP contribution is 2.30. The van der Waals surface area contributed by atoms with Crippen LogP contribution >= 0.6 is 0 Å². The number of H-pyrrole nitrogens is 1. The van der Waals surface area contributed by atoms with Crippen LogP contribution in [0.5, 0.6) is 0 Å². The fourth-order valence-corrected chi connectivity index (χ4v) is 3.82. The minimum absolute atomic E-state index is 0.415. The molecule has 1 fully saturated rings. The number of aromatic amines is 1. The topological polar surface area (TPSA) is 38.4 Å². The van der Waals surface area contributed by atoms with Gasteiger partial charge in [-0.1, -0.05) is 18.2 Å². The van der Waals surface area contributed by atoms with Crippen LogP contribution in [0.15, 0.2) is 48.7 Å². The van der Waals surface area contributed by atoms with Crippen molar-refractivity contribution in [2.24, 2.45) is 0 Å². The number of nitrogens with one attached hydrogen (secondary N) is 1. The summed E-state index contributed by atoms with van der Waals surface area (Å²) in [6.07, 6.45) is 1.90. The van der Waals surface area contributed by atoms with Crippen LogP contribution in [0.2, 0.25) is 0 Å². The van der Waals surface area contributed by atoms with E-state index in [9.17, 15) is 0 Å². The van der Waals surface area contributed by atoms with E-state index >= 15 is 0 Å². The van der Waals surface area contributed by atoms with E-state index in [1.54, 1.807) is 0 Å². The van der Waals surface area contributed by atoms with Crippen molar-refractivity contribution in [3.63, 3.8) is 0 Å². The number of hydrogen-bond donors (Lipinski definition) is 1. The number of rotatable bonds is 4. The largest absolute Gasteiger partial charge is 0.372 e. The predicted molar refractivity (Wildman–Crippen MR) is 111 cm³/mol. The number of nitrogens with zero attached hydrogens (tertiary/aromatic N) is 4. The Morgan fingerprint density at radius 3 is 2.81 bits per heavy atom. The first-order valence-corrected chi connectivity index (χ1v) is 9.43. The SMILES string of the molecule is CCN(C)c1cccnc1N1CCN(c2cc3ccccc3[nH]2)C(C)C1. The highest BCUT2D eigenvalue weighted by atomic mass is 15.3. The first kappa shape index (κ1) is 16.8. The Kier molecular flexibility index (Phi) is 4.45. The number of fused-ring (bicyclic) bond motifs is 1. The molecule has 1 aliphatic rings. The Morgan fingerprint density at radius 1 is 1.19 bits per heavy atom. The molecule has 0 saturated carbocycles. The van der Waals surface area contributed by atoms with Gasteiger partial charge in [0.25, 0.3) is 0 Å². The first-order valence-electron chi connectivity index (χ1n) is 9.43. The van der Waals surface area contributed by atoms with Crippen LogP contribution in [-0.4, -0.2) is 49.2 Å². The van der Waals surface area contributed by atoms with Gasteiger partial charge in [0.05, 0.1) is 5.69 Å². The van der Waals surface area contributed by atoms with Gasteiger partial charge in [0.1, 0.15) is 5.82 Å². The number of pyridine rings is 1. The lowest BCUT2D eigenvalue weighted by atomic mass is 10.1. The summed E-state index contributed by atoms with van der Waals surface area (Å²) in [5.74, 6) is 2.31. The predicted octanol–water partition coefficient (Wildman–Crippen LogP) is 3.73. The summed E-state index contributed by atoms with van der Waals surface area (Å²) in [5.41, 5.74) is 2.41. The average molecular weight is 349 g/mol. The molecule has 1 N–H and O–H groups in total. The van der Waals surface area contributed by atoms with Gasteiger partial charge in [0, 0.05) is 56.4 Å². The Hall–Kier alpha value is -2.69. The van der Waals surface area contributed by atoms with E-state index in [-0.39, 0.29) is 0 Å². The van der Waals surface area contributed by atoms with Gasteiger partial charge < -0.3 is 19.7 Å². The molecular formula is C21H27N5. The zero-order valence-corrected chi connectivity index (χ0v) is 15.8. The van der Waals surface area contributed by atoms with Crippen LogP contribution in [0.25, 0.3) is 10.9 Å². The van der Waals surface area contributed by atoms with Crippen LogP contribution in [0.3, 0.4) is 0 Å². The number of benzene rings is 1. The molecular weight excluding hydrogens is 322 g/mol. The fraction of sp³-hybridized carbons (Fsp3) is 0.381. The second-order valence-electron chi connectivity index (χ2n) is 7.09. The molecule has 1 saturated heterocycles. The third kappa shape index (κ3) is 2.98. The molecule has 1 atom stereocenters. The molecule has 0 radical (unpaired) electrons. The molecule has 1 aromatic carbocycles. The Balaban J connectivity index is 1.55. The van der Waals surface area contributed by atoms with Gasteiger partial charge in [-0.25, -0.2) is 4.98 Å². The molecule has 0 bridgehead atoms. The number of piperazine rings is 1. The maximum atomic E-state index is 4.70. The maximum Gasteiger partial charge on any atom is 0.152 e. The molecule has 5 heteroatoms. The molecule has 4 rings (SSSR count). The van der Waals surface area contributed by atoms with Gasteiger partial charge in [-0.05, 0) is 38.1 Å². The average Bonchev–Trinajstić information content (AvgIpc) is 3.11.